The molecule has 4 nitrogen and oxygen atoms in total. The summed E-state index contributed by atoms with van der Waals surface area (Å²) in [5, 5.41) is 26.6. The molecule has 1 unspecified atom stereocenters. The van der Waals surface area contributed by atoms with Crippen molar-refractivity contribution in [3.05, 3.63) is 0 Å². The molecule has 14 heavy (non-hydrogen) atoms. The Kier molecular flexibility index (Phi) is 7.09. The number of nitrogens with zero attached hydrogens (tertiary/aromatic N) is 1. The smallest absolute Gasteiger partial charge is 0.126 e. The van der Waals surface area contributed by atoms with Crippen LogP contribution in [0, 0.1) is 0 Å². The zero-order chi connectivity index (χ0) is 11.0. The standard InChI is InChI=1S/C10H24NO3/c1-11(2,8-10(14)9-13)6-4-3-5-7-12/h10,12-14H,3-9H2,1-2H3/q+1. The lowest BCUT2D eigenvalue weighted by Gasteiger charge is -2.31. The summed E-state index contributed by atoms with van der Waals surface area (Å²) in [4.78, 5) is 0. The molecule has 1 atom stereocenters. The molecule has 4 heteroatoms. The zero-order valence-corrected chi connectivity index (χ0v) is 9.32. The third kappa shape index (κ3) is 7.26. The molecule has 0 aromatic heterocycles. The van der Waals surface area contributed by atoms with Gasteiger partial charge in [0.05, 0.1) is 27.2 Å². The number of aliphatic hydroxyl groups is 3. The second-order valence-electron chi connectivity index (χ2n) is 4.46. The van der Waals surface area contributed by atoms with Crippen molar-refractivity contribution in [2.75, 3.05) is 40.4 Å². The maximum atomic E-state index is 9.29. The van der Waals surface area contributed by atoms with Crippen molar-refractivity contribution < 1.29 is 19.8 Å². The summed E-state index contributed by atoms with van der Waals surface area (Å²) in [6.45, 7) is 1.64. The van der Waals surface area contributed by atoms with E-state index in [1.807, 2.05) is 14.1 Å². The number of aliphatic hydroxyl groups excluding tert-OH is 3. The van der Waals surface area contributed by atoms with Gasteiger partial charge in [0.2, 0.25) is 0 Å². The van der Waals surface area contributed by atoms with Gasteiger partial charge in [-0.1, -0.05) is 0 Å². The number of unbranched alkanes of at least 4 members (excludes halogenated alkanes) is 2. The van der Waals surface area contributed by atoms with Gasteiger partial charge < -0.3 is 19.8 Å². The Hall–Kier alpha value is -0.160. The average molecular weight is 206 g/mol. The number of quaternary nitrogens is 1. The average Bonchev–Trinajstić information content (AvgIpc) is 2.12. The molecule has 0 aliphatic heterocycles. The summed E-state index contributed by atoms with van der Waals surface area (Å²) < 4.78 is 0.715. The molecule has 0 saturated heterocycles. The number of hydrogen-bond acceptors (Lipinski definition) is 3. The predicted molar refractivity (Wildman–Crippen MR) is 55.9 cm³/mol. The Bertz CT molecular complexity index is 139. The van der Waals surface area contributed by atoms with E-state index in [0.717, 1.165) is 25.8 Å². The van der Waals surface area contributed by atoms with E-state index in [2.05, 4.69) is 0 Å². The van der Waals surface area contributed by atoms with E-state index in [4.69, 9.17) is 10.2 Å². The van der Waals surface area contributed by atoms with E-state index in [9.17, 15) is 5.11 Å². The quantitative estimate of drug-likeness (QED) is 0.373. The molecule has 0 bridgehead atoms. The Morgan fingerprint density at radius 2 is 1.71 bits per heavy atom. The molecule has 0 fully saturated rings. The SMILES string of the molecule is C[N+](C)(CCCCCO)CC(O)CO. The topological polar surface area (TPSA) is 60.7 Å². The van der Waals surface area contributed by atoms with Gasteiger partial charge in [-0.3, -0.25) is 0 Å². The van der Waals surface area contributed by atoms with Gasteiger partial charge in [0, 0.05) is 6.61 Å². The Labute approximate surface area is 86.4 Å². The first-order valence-corrected chi connectivity index (χ1v) is 5.23. The minimum absolute atomic E-state index is 0.168. The van der Waals surface area contributed by atoms with Crippen molar-refractivity contribution in [2.45, 2.75) is 25.4 Å². The van der Waals surface area contributed by atoms with Crippen molar-refractivity contribution in [1.29, 1.82) is 0 Å². The van der Waals surface area contributed by atoms with Crippen LogP contribution in [0.3, 0.4) is 0 Å². The highest BCUT2D eigenvalue weighted by Crippen LogP contribution is 2.04. The van der Waals surface area contributed by atoms with Gasteiger partial charge >= 0.3 is 0 Å². The Balaban J connectivity index is 3.60. The number of hydrogen-bond donors (Lipinski definition) is 3. The van der Waals surface area contributed by atoms with Crippen LogP contribution in [0.25, 0.3) is 0 Å². The summed E-state index contributed by atoms with van der Waals surface area (Å²) in [6.07, 6.45) is 2.30. The summed E-state index contributed by atoms with van der Waals surface area (Å²) in [5.74, 6) is 0. The van der Waals surface area contributed by atoms with Crippen LogP contribution in [0.4, 0.5) is 0 Å². The highest BCUT2D eigenvalue weighted by molar-refractivity contribution is 4.50. The maximum Gasteiger partial charge on any atom is 0.126 e. The normalized spacial score (nSPS) is 14.4. The van der Waals surface area contributed by atoms with Gasteiger partial charge in [-0.2, -0.15) is 0 Å². The van der Waals surface area contributed by atoms with Crippen molar-refractivity contribution in [3.63, 3.8) is 0 Å². The molecule has 0 rings (SSSR count). The fourth-order valence-corrected chi connectivity index (χ4v) is 1.55. The van der Waals surface area contributed by atoms with E-state index >= 15 is 0 Å². The molecule has 0 aliphatic carbocycles. The summed E-state index contributed by atoms with van der Waals surface area (Å²) in [5.41, 5.74) is 0. The minimum Gasteiger partial charge on any atom is -0.396 e. The zero-order valence-electron chi connectivity index (χ0n) is 9.32. The Morgan fingerprint density at radius 3 is 2.21 bits per heavy atom. The van der Waals surface area contributed by atoms with Crippen LogP contribution in [-0.2, 0) is 0 Å². The predicted octanol–water partition coefficient (Wildman–Crippen LogP) is -0.421. The highest BCUT2D eigenvalue weighted by Gasteiger charge is 2.19. The highest BCUT2D eigenvalue weighted by atomic mass is 16.3. The van der Waals surface area contributed by atoms with E-state index in [1.165, 1.54) is 0 Å². The first-order valence-electron chi connectivity index (χ1n) is 5.23. The van der Waals surface area contributed by atoms with Crippen LogP contribution < -0.4 is 0 Å². The molecular formula is C10H24NO3+. The molecule has 0 spiro atoms. The Morgan fingerprint density at radius 1 is 1.07 bits per heavy atom. The van der Waals surface area contributed by atoms with Crippen molar-refractivity contribution in [3.8, 4) is 0 Å². The maximum absolute atomic E-state index is 9.29. The van der Waals surface area contributed by atoms with Crippen molar-refractivity contribution in [2.24, 2.45) is 0 Å². The van der Waals surface area contributed by atoms with Crippen LogP contribution in [0.1, 0.15) is 19.3 Å². The van der Waals surface area contributed by atoms with Gasteiger partial charge in [-0.25, -0.2) is 0 Å². The summed E-state index contributed by atoms with van der Waals surface area (Å²) in [7, 11) is 4.08. The van der Waals surface area contributed by atoms with Gasteiger partial charge in [0.1, 0.15) is 12.6 Å². The number of likely N-dealkylation sites (N-methyl/N-ethyl adjacent to an activating group) is 1. The van der Waals surface area contributed by atoms with E-state index in [0.29, 0.717) is 11.0 Å². The summed E-state index contributed by atoms with van der Waals surface area (Å²) in [6, 6.07) is 0. The van der Waals surface area contributed by atoms with Gasteiger partial charge in [-0.05, 0) is 19.3 Å². The third-order valence-corrected chi connectivity index (χ3v) is 2.34. The lowest BCUT2D eigenvalue weighted by atomic mass is 10.2. The minimum atomic E-state index is -0.622. The molecule has 86 valence electrons. The first-order chi connectivity index (χ1) is 6.52. The second-order valence-corrected chi connectivity index (χ2v) is 4.46. The molecule has 0 saturated carbocycles. The van der Waals surface area contributed by atoms with Crippen LogP contribution in [0.2, 0.25) is 0 Å². The molecule has 0 amide bonds. The molecule has 0 radical (unpaired) electrons. The largest absolute Gasteiger partial charge is 0.396 e. The van der Waals surface area contributed by atoms with Crippen LogP contribution in [0.15, 0.2) is 0 Å². The lowest BCUT2D eigenvalue weighted by molar-refractivity contribution is -0.893. The first kappa shape index (κ1) is 13.8. The third-order valence-electron chi connectivity index (χ3n) is 2.34. The fourth-order valence-electron chi connectivity index (χ4n) is 1.55. The molecule has 0 aromatic carbocycles. The van der Waals surface area contributed by atoms with Gasteiger partial charge in [0.15, 0.2) is 0 Å². The lowest BCUT2D eigenvalue weighted by Crippen LogP contribution is -2.46. The van der Waals surface area contributed by atoms with E-state index in [-0.39, 0.29) is 13.2 Å². The number of rotatable bonds is 8. The molecule has 3 N–H and O–H groups in total. The summed E-state index contributed by atoms with van der Waals surface area (Å²) >= 11 is 0. The fraction of sp³-hybridized carbons (Fsp3) is 1.00. The van der Waals surface area contributed by atoms with Crippen LogP contribution in [-0.4, -0.2) is 66.3 Å². The van der Waals surface area contributed by atoms with Crippen molar-refractivity contribution >= 4 is 0 Å². The van der Waals surface area contributed by atoms with E-state index < -0.39 is 6.10 Å². The molecule has 0 aromatic rings. The molecule has 0 aliphatic rings. The van der Waals surface area contributed by atoms with Crippen LogP contribution in [0.5, 0.6) is 0 Å². The van der Waals surface area contributed by atoms with Gasteiger partial charge in [-0.15, -0.1) is 0 Å². The second kappa shape index (κ2) is 7.17. The van der Waals surface area contributed by atoms with E-state index in [1.54, 1.807) is 0 Å². The van der Waals surface area contributed by atoms with Gasteiger partial charge in [0.25, 0.3) is 0 Å². The van der Waals surface area contributed by atoms with Crippen LogP contribution >= 0.6 is 0 Å². The molecular weight excluding hydrogens is 182 g/mol. The molecule has 0 heterocycles. The van der Waals surface area contributed by atoms with Crippen molar-refractivity contribution in [1.82, 2.24) is 0 Å². The monoisotopic (exact) mass is 206 g/mol.